The van der Waals surface area contributed by atoms with Crippen molar-refractivity contribution in [2.45, 2.75) is 45.7 Å². The van der Waals surface area contributed by atoms with E-state index in [2.05, 4.69) is 55.8 Å². The van der Waals surface area contributed by atoms with E-state index in [0.29, 0.717) is 23.2 Å². The minimum Gasteiger partial charge on any atom is -0.462 e. The Morgan fingerprint density at radius 1 is 1.28 bits per heavy atom. The van der Waals surface area contributed by atoms with Crippen LogP contribution in [0.3, 0.4) is 0 Å². The van der Waals surface area contributed by atoms with Crippen molar-refractivity contribution in [2.24, 2.45) is 4.99 Å². The topological polar surface area (TPSA) is 78.8 Å². The van der Waals surface area contributed by atoms with Crippen LogP contribution in [-0.2, 0) is 4.74 Å². The molecule has 2 atom stereocenters. The van der Waals surface area contributed by atoms with Crippen LogP contribution in [0.2, 0.25) is 0 Å². The number of likely N-dealkylation sites (tertiary alicyclic amines) is 1. The number of aryl methyl sites for hydroxylation is 1. The average Bonchev–Trinajstić information content (AvgIpc) is 3.44. The second-order valence-corrected chi connectivity index (χ2v) is 8.71. The lowest BCUT2D eigenvalue weighted by Crippen LogP contribution is -2.43. The first kappa shape index (κ1) is 26.5. The number of esters is 1. The Labute approximate surface area is 212 Å². The predicted molar refractivity (Wildman–Crippen MR) is 141 cm³/mol. The Morgan fingerprint density at radius 2 is 1.97 bits per heavy atom. The van der Waals surface area contributed by atoms with E-state index in [4.69, 9.17) is 4.74 Å². The Bertz CT molecular complexity index is 884. The number of halogens is 1. The fraction of sp³-hybridized carbons (Fsp3) is 0.522. The van der Waals surface area contributed by atoms with Gasteiger partial charge in [0, 0.05) is 13.6 Å². The zero-order chi connectivity index (χ0) is 22.2. The van der Waals surface area contributed by atoms with Crippen LogP contribution in [0.4, 0.5) is 0 Å². The lowest BCUT2D eigenvalue weighted by molar-refractivity contribution is 0.0531. The standard InChI is InChI=1S/C23H33N5O2S.HI/c1-5-30-22(29)20-16(2)26-21(31-20)17(3)27-23(24-4)25-15-19(28-13-9-10-14-28)18-11-7-6-8-12-18;/h6-8,11-12,17,19H,5,9-10,13-15H2,1-4H3,(H2,24,25,27);1H. The summed E-state index contributed by atoms with van der Waals surface area (Å²) in [7, 11) is 1.77. The Balaban J connectivity index is 0.00000363. The summed E-state index contributed by atoms with van der Waals surface area (Å²) in [5.74, 6) is 0.410. The Kier molecular flexibility index (Phi) is 10.9. The maximum absolute atomic E-state index is 12.1. The molecule has 1 aromatic heterocycles. The number of carbonyl (C=O) groups is 1. The summed E-state index contributed by atoms with van der Waals surface area (Å²) in [5.41, 5.74) is 2.02. The lowest BCUT2D eigenvalue weighted by Gasteiger charge is -2.29. The van der Waals surface area contributed by atoms with Crippen LogP contribution >= 0.6 is 35.3 Å². The summed E-state index contributed by atoms with van der Waals surface area (Å²) in [6.07, 6.45) is 2.50. The van der Waals surface area contributed by atoms with E-state index >= 15 is 0 Å². The molecular weight excluding hydrogens is 537 g/mol. The molecule has 0 bridgehead atoms. The van der Waals surface area contributed by atoms with Gasteiger partial charge in [-0.25, -0.2) is 9.78 Å². The van der Waals surface area contributed by atoms with Gasteiger partial charge in [-0.3, -0.25) is 9.89 Å². The van der Waals surface area contributed by atoms with Crippen LogP contribution in [0.25, 0.3) is 0 Å². The first-order valence-corrected chi connectivity index (χ1v) is 11.8. The molecule has 2 heterocycles. The first-order valence-electron chi connectivity index (χ1n) is 10.9. The number of hydrogen-bond donors (Lipinski definition) is 2. The van der Waals surface area contributed by atoms with Crippen molar-refractivity contribution in [2.75, 3.05) is 33.3 Å². The summed E-state index contributed by atoms with van der Waals surface area (Å²) in [5, 5.41) is 7.74. The van der Waals surface area contributed by atoms with Crippen LogP contribution in [0.5, 0.6) is 0 Å². The van der Waals surface area contributed by atoms with E-state index in [0.717, 1.165) is 30.6 Å². The van der Waals surface area contributed by atoms with Crippen molar-refractivity contribution >= 4 is 47.2 Å². The normalized spacial score (nSPS) is 16.2. The number of nitrogens with one attached hydrogen (secondary N) is 2. The Morgan fingerprint density at radius 3 is 2.59 bits per heavy atom. The molecule has 1 fully saturated rings. The number of aromatic nitrogens is 1. The van der Waals surface area contributed by atoms with Gasteiger partial charge in [-0.05, 0) is 52.3 Å². The zero-order valence-corrected chi connectivity index (χ0v) is 22.4. The second-order valence-electron chi connectivity index (χ2n) is 7.68. The number of carbonyl (C=O) groups excluding carboxylic acids is 1. The van der Waals surface area contributed by atoms with Gasteiger partial charge in [0.05, 0.1) is 24.4 Å². The third-order valence-electron chi connectivity index (χ3n) is 5.45. The molecule has 0 radical (unpaired) electrons. The van der Waals surface area contributed by atoms with Crippen molar-refractivity contribution in [3.8, 4) is 0 Å². The van der Waals surface area contributed by atoms with Gasteiger partial charge in [0.15, 0.2) is 5.96 Å². The molecule has 1 aliphatic heterocycles. The summed E-state index contributed by atoms with van der Waals surface area (Å²) >= 11 is 1.37. The molecule has 7 nitrogen and oxygen atoms in total. The molecule has 0 aliphatic carbocycles. The van der Waals surface area contributed by atoms with Crippen LogP contribution in [0.15, 0.2) is 35.3 Å². The maximum Gasteiger partial charge on any atom is 0.350 e. The third kappa shape index (κ3) is 6.89. The van der Waals surface area contributed by atoms with Crippen molar-refractivity contribution in [1.29, 1.82) is 0 Å². The van der Waals surface area contributed by atoms with Gasteiger partial charge in [-0.15, -0.1) is 35.3 Å². The molecule has 1 saturated heterocycles. The number of nitrogens with zero attached hydrogens (tertiary/aromatic N) is 3. The van der Waals surface area contributed by atoms with Crippen LogP contribution in [0.1, 0.15) is 64.7 Å². The highest BCUT2D eigenvalue weighted by Gasteiger charge is 2.24. The van der Waals surface area contributed by atoms with Gasteiger partial charge in [0.25, 0.3) is 0 Å². The quantitative estimate of drug-likeness (QED) is 0.213. The molecule has 176 valence electrons. The highest BCUT2D eigenvalue weighted by atomic mass is 127. The predicted octanol–water partition coefficient (Wildman–Crippen LogP) is 4.31. The number of rotatable bonds is 8. The number of aliphatic imine (C=N–C) groups is 1. The van der Waals surface area contributed by atoms with E-state index in [1.165, 1.54) is 29.7 Å². The van der Waals surface area contributed by atoms with Crippen molar-refractivity contribution in [1.82, 2.24) is 20.5 Å². The number of guanidine groups is 1. The lowest BCUT2D eigenvalue weighted by atomic mass is 10.1. The van der Waals surface area contributed by atoms with E-state index in [1.807, 2.05) is 13.8 Å². The molecule has 0 amide bonds. The smallest absolute Gasteiger partial charge is 0.350 e. The highest BCUT2D eigenvalue weighted by Crippen LogP contribution is 2.26. The first-order chi connectivity index (χ1) is 15.0. The molecule has 1 aromatic carbocycles. The van der Waals surface area contributed by atoms with Gasteiger partial charge in [-0.2, -0.15) is 0 Å². The van der Waals surface area contributed by atoms with E-state index in [9.17, 15) is 4.79 Å². The molecule has 1 aliphatic rings. The maximum atomic E-state index is 12.1. The summed E-state index contributed by atoms with van der Waals surface area (Å²) in [6, 6.07) is 10.9. The molecule has 0 spiro atoms. The van der Waals surface area contributed by atoms with Gasteiger partial charge in [0.1, 0.15) is 9.88 Å². The highest BCUT2D eigenvalue weighted by molar-refractivity contribution is 14.0. The zero-order valence-electron chi connectivity index (χ0n) is 19.3. The molecule has 2 unspecified atom stereocenters. The fourth-order valence-electron chi connectivity index (χ4n) is 3.83. The molecule has 3 rings (SSSR count). The fourth-order valence-corrected chi connectivity index (χ4v) is 4.79. The third-order valence-corrected chi connectivity index (χ3v) is 6.77. The average molecular weight is 572 g/mol. The summed E-state index contributed by atoms with van der Waals surface area (Å²) in [6.45, 7) is 9.04. The van der Waals surface area contributed by atoms with Gasteiger partial charge in [-0.1, -0.05) is 30.3 Å². The number of ether oxygens (including phenoxy) is 1. The van der Waals surface area contributed by atoms with Crippen molar-refractivity contribution in [3.05, 3.63) is 51.5 Å². The second kappa shape index (κ2) is 13.1. The van der Waals surface area contributed by atoms with Crippen molar-refractivity contribution in [3.63, 3.8) is 0 Å². The molecule has 2 N–H and O–H groups in total. The minimum atomic E-state index is -0.310. The largest absolute Gasteiger partial charge is 0.462 e. The number of benzene rings is 1. The van der Waals surface area contributed by atoms with E-state index in [1.54, 1.807) is 14.0 Å². The van der Waals surface area contributed by atoms with Crippen LogP contribution in [0, 0.1) is 6.92 Å². The van der Waals surface area contributed by atoms with E-state index in [-0.39, 0.29) is 36.0 Å². The molecular formula is C23H34IN5O2S. The Hall–Kier alpha value is -1.72. The number of thiazole rings is 1. The van der Waals surface area contributed by atoms with Gasteiger partial charge in [0.2, 0.25) is 0 Å². The molecule has 32 heavy (non-hydrogen) atoms. The van der Waals surface area contributed by atoms with Crippen LogP contribution < -0.4 is 10.6 Å². The van der Waals surface area contributed by atoms with E-state index < -0.39 is 0 Å². The molecule has 2 aromatic rings. The molecule has 9 heteroatoms. The summed E-state index contributed by atoms with van der Waals surface area (Å²) < 4.78 is 5.13. The minimum absolute atomic E-state index is 0. The molecule has 0 saturated carbocycles. The van der Waals surface area contributed by atoms with Gasteiger partial charge < -0.3 is 15.4 Å². The monoisotopic (exact) mass is 571 g/mol. The number of hydrogen-bond acceptors (Lipinski definition) is 6. The van der Waals surface area contributed by atoms with Crippen LogP contribution in [-0.4, -0.2) is 55.1 Å². The SMILES string of the molecule is CCOC(=O)c1sc(C(C)NC(=NC)NCC(c2ccccc2)N2CCCC2)nc1C.I. The summed E-state index contributed by atoms with van der Waals surface area (Å²) in [4.78, 5) is 24.2. The van der Waals surface area contributed by atoms with Crippen molar-refractivity contribution < 1.29 is 9.53 Å². The van der Waals surface area contributed by atoms with Gasteiger partial charge >= 0.3 is 5.97 Å².